The summed E-state index contributed by atoms with van der Waals surface area (Å²) < 4.78 is 5.24. The third kappa shape index (κ3) is 1.64. The van der Waals surface area contributed by atoms with Crippen molar-refractivity contribution in [2.75, 3.05) is 20.2 Å². The topological polar surface area (TPSA) is 46.6 Å². The highest BCUT2D eigenvalue weighted by Crippen LogP contribution is 2.74. The van der Waals surface area contributed by atoms with E-state index in [4.69, 9.17) is 4.74 Å². The molecule has 4 heteroatoms. The van der Waals surface area contributed by atoms with E-state index >= 15 is 0 Å². The van der Waals surface area contributed by atoms with Crippen molar-refractivity contribution in [1.29, 1.82) is 0 Å². The third-order valence-corrected chi connectivity index (χ3v) is 10.1. The fourth-order valence-corrected chi connectivity index (χ4v) is 9.01. The predicted octanol–water partition coefficient (Wildman–Crippen LogP) is 3.21. The summed E-state index contributed by atoms with van der Waals surface area (Å²) in [5, 5.41) is 0. The number of allylic oxidation sites excluding steroid dienone is 2. The molecule has 4 fully saturated rings. The van der Waals surface area contributed by atoms with Crippen LogP contribution in [0.2, 0.25) is 0 Å². The molecule has 146 valence electrons. The van der Waals surface area contributed by atoms with Gasteiger partial charge in [-0.3, -0.25) is 14.5 Å². The lowest BCUT2D eigenvalue weighted by molar-refractivity contribution is -0.159. The van der Waals surface area contributed by atoms with Crippen molar-refractivity contribution in [2.24, 2.45) is 40.4 Å². The SMILES string of the molecule is COC(=O)[C@@H]1C[C@@]23C(=O)[C@H]4C[C@H]5N(C[C@@H](CCC6=C2[C@@H]1CC6)[C@]53C)C[C@H]4C. The molecule has 8 atom stereocenters. The zero-order valence-corrected chi connectivity index (χ0v) is 16.8. The summed E-state index contributed by atoms with van der Waals surface area (Å²) in [5.74, 6) is 1.79. The second kappa shape index (κ2) is 5.06. The Morgan fingerprint density at radius 2 is 1.96 bits per heavy atom. The van der Waals surface area contributed by atoms with E-state index < -0.39 is 0 Å². The molecule has 27 heavy (non-hydrogen) atoms. The molecule has 1 spiro atoms. The molecule has 2 bridgehead atoms. The van der Waals surface area contributed by atoms with Crippen LogP contribution in [0.4, 0.5) is 0 Å². The molecule has 0 aromatic rings. The fraction of sp³-hybridized carbons (Fsp3) is 0.826. The molecule has 6 rings (SSSR count). The molecule has 0 N–H and O–H groups in total. The number of carbonyl (C=O) groups excluding carboxylic acids is 2. The van der Waals surface area contributed by atoms with Crippen LogP contribution in [0.1, 0.15) is 52.4 Å². The Balaban J connectivity index is 1.62. The normalized spacial score (nSPS) is 52.8. The number of hydrogen-bond acceptors (Lipinski definition) is 4. The van der Waals surface area contributed by atoms with Crippen LogP contribution in [0.5, 0.6) is 0 Å². The Labute approximate surface area is 161 Å². The van der Waals surface area contributed by atoms with Gasteiger partial charge in [-0.2, -0.15) is 0 Å². The van der Waals surface area contributed by atoms with E-state index in [1.165, 1.54) is 19.1 Å². The number of esters is 1. The Hall–Kier alpha value is -1.16. The van der Waals surface area contributed by atoms with Gasteiger partial charge in [0.15, 0.2) is 0 Å². The van der Waals surface area contributed by atoms with Gasteiger partial charge in [0, 0.05) is 30.5 Å². The number of carbonyl (C=O) groups is 2. The molecule has 2 saturated heterocycles. The van der Waals surface area contributed by atoms with Crippen LogP contribution in [0.15, 0.2) is 11.1 Å². The van der Waals surface area contributed by atoms with Crippen molar-refractivity contribution in [3.63, 3.8) is 0 Å². The minimum Gasteiger partial charge on any atom is -0.469 e. The van der Waals surface area contributed by atoms with Gasteiger partial charge in [0.1, 0.15) is 5.78 Å². The van der Waals surface area contributed by atoms with E-state index in [-0.39, 0.29) is 34.6 Å². The Morgan fingerprint density at radius 1 is 1.19 bits per heavy atom. The molecule has 0 aromatic heterocycles. The summed E-state index contributed by atoms with van der Waals surface area (Å²) in [5.41, 5.74) is 2.61. The van der Waals surface area contributed by atoms with Crippen molar-refractivity contribution in [2.45, 2.75) is 58.4 Å². The van der Waals surface area contributed by atoms with Crippen LogP contribution in [0.25, 0.3) is 0 Å². The summed E-state index contributed by atoms with van der Waals surface area (Å²) in [7, 11) is 1.51. The van der Waals surface area contributed by atoms with Crippen molar-refractivity contribution in [3.05, 3.63) is 11.1 Å². The van der Waals surface area contributed by atoms with Gasteiger partial charge in [-0.1, -0.05) is 25.0 Å². The average molecular weight is 370 g/mol. The minimum atomic E-state index is -0.388. The monoisotopic (exact) mass is 369 g/mol. The molecule has 0 amide bonds. The van der Waals surface area contributed by atoms with E-state index in [1.54, 1.807) is 5.57 Å². The van der Waals surface area contributed by atoms with Gasteiger partial charge < -0.3 is 4.74 Å². The van der Waals surface area contributed by atoms with Gasteiger partial charge in [-0.05, 0) is 56.3 Å². The zero-order chi connectivity index (χ0) is 18.7. The lowest BCUT2D eigenvalue weighted by Gasteiger charge is -2.59. The Bertz CT molecular complexity index is 786. The third-order valence-electron chi connectivity index (χ3n) is 10.1. The Morgan fingerprint density at radius 3 is 2.74 bits per heavy atom. The molecule has 4 nitrogen and oxygen atoms in total. The molecule has 0 radical (unpaired) electrons. The minimum absolute atomic E-state index is 0.00314. The number of methoxy groups -OCH3 is 1. The maximum absolute atomic E-state index is 14.3. The molecular formula is C23H31NO3. The van der Waals surface area contributed by atoms with Crippen LogP contribution in [0, 0.1) is 40.4 Å². The second-order valence-corrected chi connectivity index (χ2v) is 10.6. The fourth-order valence-electron chi connectivity index (χ4n) is 9.01. The first-order chi connectivity index (χ1) is 12.9. The van der Waals surface area contributed by atoms with E-state index in [9.17, 15) is 9.59 Å². The number of piperidine rings is 1. The van der Waals surface area contributed by atoms with Gasteiger partial charge in [0.25, 0.3) is 0 Å². The van der Waals surface area contributed by atoms with Gasteiger partial charge >= 0.3 is 5.97 Å². The van der Waals surface area contributed by atoms with Crippen molar-refractivity contribution >= 4 is 11.8 Å². The highest BCUT2D eigenvalue weighted by molar-refractivity contribution is 5.95. The van der Waals surface area contributed by atoms with Gasteiger partial charge in [-0.25, -0.2) is 0 Å². The number of ketones is 1. The standard InChI is InChI=1S/C23H31NO3/c1-12-10-24-11-14-6-4-13-5-7-15-17(21(26)27-3)9-23(19(13)15)20(25)16(12)8-18(24)22(14,23)2/h12,14-18H,4-11H2,1-3H3/t12-,14-,15-,16+,17-,18-,22-,23+/m1/s1. The summed E-state index contributed by atoms with van der Waals surface area (Å²) in [6.45, 7) is 6.96. The maximum Gasteiger partial charge on any atom is 0.309 e. The van der Waals surface area contributed by atoms with Crippen molar-refractivity contribution in [3.8, 4) is 0 Å². The molecule has 2 heterocycles. The van der Waals surface area contributed by atoms with Crippen LogP contribution in [-0.4, -0.2) is 42.9 Å². The number of Topliss-reactive ketones (excluding diaryl/α,β-unsaturated/α-hetero) is 1. The number of hydrogen-bond donors (Lipinski definition) is 0. The highest BCUT2D eigenvalue weighted by Gasteiger charge is 2.76. The van der Waals surface area contributed by atoms with E-state index in [0.717, 1.165) is 45.2 Å². The highest BCUT2D eigenvalue weighted by atomic mass is 16.5. The summed E-state index contributed by atoms with van der Waals surface area (Å²) in [4.78, 5) is 29.7. The van der Waals surface area contributed by atoms with Crippen LogP contribution in [-0.2, 0) is 14.3 Å². The molecule has 4 aliphatic carbocycles. The first kappa shape index (κ1) is 16.8. The van der Waals surface area contributed by atoms with E-state index in [2.05, 4.69) is 18.7 Å². The van der Waals surface area contributed by atoms with Gasteiger partial charge in [0.2, 0.25) is 0 Å². The smallest absolute Gasteiger partial charge is 0.309 e. The molecule has 6 aliphatic rings. The zero-order valence-electron chi connectivity index (χ0n) is 16.8. The largest absolute Gasteiger partial charge is 0.469 e. The van der Waals surface area contributed by atoms with E-state index in [0.29, 0.717) is 23.7 Å². The first-order valence-corrected chi connectivity index (χ1v) is 11.0. The van der Waals surface area contributed by atoms with Crippen LogP contribution in [0.3, 0.4) is 0 Å². The number of fused-ring (bicyclic) bond motifs is 1. The average Bonchev–Trinajstić information content (AvgIpc) is 3.27. The molecule has 2 saturated carbocycles. The van der Waals surface area contributed by atoms with Crippen molar-refractivity contribution in [1.82, 2.24) is 4.90 Å². The van der Waals surface area contributed by atoms with Crippen molar-refractivity contribution < 1.29 is 14.3 Å². The number of rotatable bonds is 1. The molecule has 0 unspecified atom stereocenters. The van der Waals surface area contributed by atoms with Gasteiger partial charge in [-0.15, -0.1) is 0 Å². The van der Waals surface area contributed by atoms with Crippen LogP contribution < -0.4 is 0 Å². The lowest BCUT2D eigenvalue weighted by atomic mass is 9.45. The molecule has 0 aromatic carbocycles. The van der Waals surface area contributed by atoms with E-state index in [1.807, 2.05) is 0 Å². The van der Waals surface area contributed by atoms with Gasteiger partial charge in [0.05, 0.1) is 18.4 Å². The Kier molecular flexibility index (Phi) is 3.14. The number of ether oxygens (including phenoxy) is 1. The quantitative estimate of drug-likeness (QED) is 0.526. The summed E-state index contributed by atoms with van der Waals surface area (Å²) >= 11 is 0. The number of nitrogens with zero attached hydrogens (tertiary/aromatic N) is 1. The molecule has 2 aliphatic heterocycles. The predicted molar refractivity (Wildman–Crippen MR) is 101 cm³/mol. The van der Waals surface area contributed by atoms with Crippen LogP contribution >= 0.6 is 0 Å². The second-order valence-electron chi connectivity index (χ2n) is 10.6. The molecular weight excluding hydrogens is 338 g/mol. The lowest BCUT2D eigenvalue weighted by Crippen LogP contribution is -2.64. The summed E-state index contributed by atoms with van der Waals surface area (Å²) in [6, 6.07) is 0.519. The first-order valence-electron chi connectivity index (χ1n) is 11.0. The summed E-state index contributed by atoms with van der Waals surface area (Å²) in [6.07, 6.45) is 6.30. The maximum atomic E-state index is 14.3.